The van der Waals surface area contributed by atoms with Crippen molar-refractivity contribution in [3.8, 4) is 6.07 Å². The van der Waals surface area contributed by atoms with Gasteiger partial charge in [0.1, 0.15) is 5.56 Å². The van der Waals surface area contributed by atoms with E-state index >= 15 is 0 Å². The minimum Gasteiger partial charge on any atom is -0.365 e. The van der Waals surface area contributed by atoms with E-state index in [2.05, 4.69) is 16.5 Å². The van der Waals surface area contributed by atoms with Crippen LogP contribution in [0.15, 0.2) is 30.5 Å². The lowest BCUT2D eigenvalue weighted by molar-refractivity contribution is -0.138. The Labute approximate surface area is 194 Å². The lowest BCUT2D eigenvalue weighted by Gasteiger charge is -2.41. The van der Waals surface area contributed by atoms with Gasteiger partial charge in [-0.1, -0.05) is 18.2 Å². The zero-order chi connectivity index (χ0) is 24.5. The van der Waals surface area contributed by atoms with Crippen molar-refractivity contribution in [3.63, 3.8) is 0 Å². The topological polar surface area (TPSA) is 117 Å². The molecule has 4 rings (SSSR count). The van der Waals surface area contributed by atoms with Crippen molar-refractivity contribution in [1.82, 2.24) is 14.7 Å². The number of carbonyl (C=O) groups excluding carboxylic acids is 2. The molecule has 34 heavy (non-hydrogen) atoms. The highest BCUT2D eigenvalue weighted by molar-refractivity contribution is 6.02. The van der Waals surface area contributed by atoms with E-state index in [9.17, 15) is 28.0 Å². The quantitative estimate of drug-likeness (QED) is 0.639. The SMILES string of the molecule is N#CCC1(n2cc(C(N)=O)c(NC(=O)C3CC3)n2)CCN(Cc2ccccc2C(F)(F)F)CC1. The van der Waals surface area contributed by atoms with E-state index in [0.29, 0.717) is 25.9 Å². The maximum Gasteiger partial charge on any atom is 0.416 e. The lowest BCUT2D eigenvalue weighted by Crippen LogP contribution is -2.46. The number of nitrogens with zero attached hydrogens (tertiary/aromatic N) is 4. The van der Waals surface area contributed by atoms with Crippen molar-refractivity contribution in [2.75, 3.05) is 18.4 Å². The van der Waals surface area contributed by atoms with Crippen LogP contribution in [-0.4, -0.2) is 39.6 Å². The Kier molecular flexibility index (Phi) is 6.36. The van der Waals surface area contributed by atoms with Gasteiger partial charge >= 0.3 is 6.18 Å². The summed E-state index contributed by atoms with van der Waals surface area (Å²) in [7, 11) is 0. The van der Waals surface area contributed by atoms with Crippen LogP contribution in [0, 0.1) is 17.2 Å². The van der Waals surface area contributed by atoms with Crippen LogP contribution in [0.2, 0.25) is 0 Å². The van der Waals surface area contributed by atoms with E-state index in [1.54, 1.807) is 6.07 Å². The van der Waals surface area contributed by atoms with Gasteiger partial charge in [0, 0.05) is 31.7 Å². The smallest absolute Gasteiger partial charge is 0.365 e. The third-order valence-corrected chi connectivity index (χ3v) is 6.57. The Morgan fingerprint density at radius 2 is 1.91 bits per heavy atom. The second-order valence-electron chi connectivity index (χ2n) is 8.95. The predicted octanol–water partition coefficient (Wildman–Crippen LogP) is 3.25. The summed E-state index contributed by atoms with van der Waals surface area (Å²) in [4.78, 5) is 26.1. The molecular formula is C23H25F3N6O2. The number of amides is 2. The van der Waals surface area contributed by atoms with Crippen LogP contribution < -0.4 is 11.1 Å². The van der Waals surface area contributed by atoms with Crippen LogP contribution in [-0.2, 0) is 23.1 Å². The van der Waals surface area contributed by atoms with Gasteiger partial charge in [0.05, 0.1) is 23.6 Å². The van der Waals surface area contributed by atoms with Gasteiger partial charge in [-0.2, -0.15) is 23.5 Å². The summed E-state index contributed by atoms with van der Waals surface area (Å²) in [6.07, 6.45) is -0.450. The number of benzene rings is 1. The van der Waals surface area contributed by atoms with Crippen molar-refractivity contribution in [1.29, 1.82) is 5.26 Å². The molecule has 0 spiro atoms. The highest BCUT2D eigenvalue weighted by Gasteiger charge is 2.40. The van der Waals surface area contributed by atoms with E-state index in [4.69, 9.17) is 5.73 Å². The van der Waals surface area contributed by atoms with Crippen LogP contribution >= 0.6 is 0 Å². The summed E-state index contributed by atoms with van der Waals surface area (Å²) in [5.74, 6) is -0.990. The molecule has 1 aromatic carbocycles. The van der Waals surface area contributed by atoms with Crippen molar-refractivity contribution >= 4 is 17.6 Å². The fourth-order valence-electron chi connectivity index (χ4n) is 4.39. The van der Waals surface area contributed by atoms with Crippen LogP contribution in [0.5, 0.6) is 0 Å². The minimum absolute atomic E-state index is 0.0628. The second kappa shape index (κ2) is 9.10. The monoisotopic (exact) mass is 474 g/mol. The van der Waals surface area contributed by atoms with Gasteiger partial charge in [-0.05, 0) is 37.3 Å². The first kappa shape index (κ1) is 23.8. The number of likely N-dealkylation sites (tertiary alicyclic amines) is 1. The standard InChI is InChI=1S/C23H25F3N6O2/c24-23(25,26)18-4-2-1-3-16(18)13-31-11-8-22(7-10-27,9-12-31)32-14-17(19(28)33)20(30-32)29-21(34)15-5-6-15/h1-4,14-15H,5-9,11-13H2,(H2,28,33)(H,29,30,34). The van der Waals surface area contributed by atoms with Gasteiger partial charge in [-0.15, -0.1) is 0 Å². The van der Waals surface area contributed by atoms with Crippen molar-refractivity contribution < 1.29 is 22.8 Å². The largest absolute Gasteiger partial charge is 0.416 e. The number of hydrogen-bond donors (Lipinski definition) is 2. The highest BCUT2D eigenvalue weighted by Crippen LogP contribution is 2.37. The molecule has 2 aromatic rings. The number of piperidine rings is 1. The molecule has 2 aliphatic rings. The van der Waals surface area contributed by atoms with Gasteiger partial charge in [0.25, 0.3) is 5.91 Å². The Morgan fingerprint density at radius 1 is 1.24 bits per heavy atom. The molecule has 1 saturated heterocycles. The molecule has 2 heterocycles. The second-order valence-corrected chi connectivity index (χ2v) is 8.95. The van der Waals surface area contributed by atoms with Crippen LogP contribution in [0.1, 0.15) is 53.6 Å². The minimum atomic E-state index is -4.43. The van der Waals surface area contributed by atoms with E-state index in [-0.39, 0.29) is 41.7 Å². The maximum atomic E-state index is 13.4. The summed E-state index contributed by atoms with van der Waals surface area (Å²) in [5.41, 5.74) is 4.33. The fourth-order valence-corrected chi connectivity index (χ4v) is 4.39. The zero-order valence-corrected chi connectivity index (χ0v) is 18.4. The van der Waals surface area contributed by atoms with E-state index in [0.717, 1.165) is 18.9 Å². The Hall–Kier alpha value is -3.39. The van der Waals surface area contributed by atoms with E-state index < -0.39 is 23.2 Å². The number of rotatable bonds is 7. The molecule has 2 amide bonds. The first-order valence-electron chi connectivity index (χ1n) is 11.1. The summed E-state index contributed by atoms with van der Waals surface area (Å²) in [5, 5.41) is 16.6. The molecule has 11 heteroatoms. The highest BCUT2D eigenvalue weighted by atomic mass is 19.4. The van der Waals surface area contributed by atoms with Crippen LogP contribution in [0.25, 0.3) is 0 Å². The Balaban J connectivity index is 1.53. The van der Waals surface area contributed by atoms with Crippen LogP contribution in [0.3, 0.4) is 0 Å². The molecule has 1 aliphatic heterocycles. The number of primary amides is 1. The molecule has 0 bridgehead atoms. The Bertz CT molecular complexity index is 1120. The fraction of sp³-hybridized carbons (Fsp3) is 0.478. The summed E-state index contributed by atoms with van der Waals surface area (Å²) >= 11 is 0. The number of carbonyl (C=O) groups is 2. The summed E-state index contributed by atoms with van der Waals surface area (Å²) in [6, 6.07) is 7.67. The number of halogens is 3. The molecule has 0 unspecified atom stereocenters. The normalized spacial score (nSPS) is 18.3. The molecular weight excluding hydrogens is 449 g/mol. The maximum absolute atomic E-state index is 13.4. The predicted molar refractivity (Wildman–Crippen MR) is 116 cm³/mol. The van der Waals surface area contributed by atoms with Gasteiger partial charge in [0.15, 0.2) is 5.82 Å². The first-order valence-corrected chi connectivity index (χ1v) is 11.1. The Morgan fingerprint density at radius 3 is 2.50 bits per heavy atom. The van der Waals surface area contributed by atoms with Gasteiger partial charge in [-0.25, -0.2) is 0 Å². The molecule has 3 N–H and O–H groups in total. The first-order chi connectivity index (χ1) is 16.1. The zero-order valence-electron chi connectivity index (χ0n) is 18.4. The third-order valence-electron chi connectivity index (χ3n) is 6.57. The molecule has 0 atom stereocenters. The molecule has 8 nitrogen and oxygen atoms in total. The summed E-state index contributed by atoms with van der Waals surface area (Å²) < 4.78 is 41.6. The van der Waals surface area contributed by atoms with Crippen molar-refractivity contribution in [2.45, 2.75) is 50.4 Å². The van der Waals surface area contributed by atoms with Gasteiger partial charge in [-0.3, -0.25) is 19.2 Å². The van der Waals surface area contributed by atoms with E-state index in [1.165, 1.54) is 23.0 Å². The molecule has 180 valence electrons. The lowest BCUT2D eigenvalue weighted by atomic mass is 9.84. The average Bonchev–Trinajstić information content (AvgIpc) is 3.55. The number of nitrogens with two attached hydrogens (primary N) is 1. The molecule has 0 radical (unpaired) electrons. The van der Waals surface area contributed by atoms with Gasteiger partial charge < -0.3 is 11.1 Å². The number of hydrogen-bond acceptors (Lipinski definition) is 5. The number of aromatic nitrogens is 2. The van der Waals surface area contributed by atoms with Crippen molar-refractivity contribution in [3.05, 3.63) is 47.2 Å². The average molecular weight is 474 g/mol. The molecule has 1 aromatic heterocycles. The van der Waals surface area contributed by atoms with Crippen molar-refractivity contribution in [2.24, 2.45) is 11.7 Å². The van der Waals surface area contributed by atoms with E-state index in [1.807, 2.05) is 4.90 Å². The molecule has 1 aliphatic carbocycles. The number of nitriles is 1. The number of alkyl halides is 3. The number of nitrogens with one attached hydrogen (secondary N) is 1. The third kappa shape index (κ3) is 4.92. The molecule has 1 saturated carbocycles. The summed E-state index contributed by atoms with van der Waals surface area (Å²) in [6.45, 7) is 0.999. The van der Waals surface area contributed by atoms with Crippen LogP contribution in [0.4, 0.5) is 19.0 Å². The molecule has 2 fully saturated rings. The van der Waals surface area contributed by atoms with Gasteiger partial charge in [0.2, 0.25) is 5.91 Å². The number of anilines is 1.